The Morgan fingerprint density at radius 2 is 1.79 bits per heavy atom. The fourth-order valence-electron chi connectivity index (χ4n) is 2.76. The van der Waals surface area contributed by atoms with Gasteiger partial charge < -0.3 is 27.3 Å². The topological polar surface area (TPSA) is 84.2 Å². The number of aryl methyl sites for hydroxylation is 1. The van der Waals surface area contributed by atoms with Crippen LogP contribution in [0.4, 0.5) is 4.39 Å². The van der Waals surface area contributed by atoms with Crippen molar-refractivity contribution in [2.75, 3.05) is 0 Å². The Kier molecular flexibility index (Phi) is 6.59. The number of quaternary nitrogens is 1. The number of halogens is 2. The fourth-order valence-corrected chi connectivity index (χ4v) is 2.76. The number of hydrogen-bond acceptors (Lipinski definition) is 4. The number of carbonyl (C=O) groups excluding carboxylic acids is 1. The zero-order valence-electron chi connectivity index (χ0n) is 15.8. The molecule has 5 nitrogen and oxygen atoms in total. The first-order chi connectivity index (χ1) is 12.8. The lowest BCUT2D eigenvalue weighted by Gasteiger charge is -2.12. The molecule has 3 aromatic rings. The molecule has 7 heteroatoms. The molecule has 0 spiro atoms. The van der Waals surface area contributed by atoms with E-state index in [-0.39, 0.29) is 29.6 Å². The van der Waals surface area contributed by atoms with E-state index in [2.05, 4.69) is 5.73 Å². The van der Waals surface area contributed by atoms with Crippen molar-refractivity contribution in [3.8, 4) is 16.9 Å². The smallest absolute Gasteiger partial charge is 0.370 e. The molecule has 0 unspecified atom stereocenters. The Morgan fingerprint density at radius 3 is 2.39 bits per heavy atom. The molecular formula is C21H21ClFNO4. The Morgan fingerprint density at radius 1 is 1.14 bits per heavy atom. The maximum absolute atomic E-state index is 13.2. The van der Waals surface area contributed by atoms with Gasteiger partial charge in [-0.05, 0) is 36.8 Å². The van der Waals surface area contributed by atoms with Crippen molar-refractivity contribution in [1.82, 2.24) is 0 Å². The first kappa shape index (κ1) is 21.6. The lowest BCUT2D eigenvalue weighted by Crippen LogP contribution is -3.00. The highest BCUT2D eigenvalue weighted by Gasteiger charge is 2.24. The maximum atomic E-state index is 13.2. The summed E-state index contributed by atoms with van der Waals surface area (Å²) >= 11 is 0. The highest BCUT2D eigenvalue weighted by molar-refractivity contribution is 5.85. The standard InChI is InChI=1S/C21H20FNO4.ClH/c1-11(2)19(23)21(25)27-15-8-9-16-17(10-15)26-12(3)18(20(16)24)13-4-6-14(22)7-5-13;/h4-11,19H,23H2,1-3H3;1H/t19-;/m0./s1. The molecule has 0 aliphatic rings. The van der Waals surface area contributed by atoms with E-state index in [1.807, 2.05) is 13.8 Å². The molecule has 3 rings (SSSR count). The number of carbonyl (C=O) groups is 1. The largest absolute Gasteiger partial charge is 1.00 e. The van der Waals surface area contributed by atoms with Crippen LogP contribution in [0.1, 0.15) is 19.6 Å². The summed E-state index contributed by atoms with van der Waals surface area (Å²) in [6.07, 6.45) is 0. The number of benzene rings is 2. The third-order valence-electron chi connectivity index (χ3n) is 4.50. The van der Waals surface area contributed by atoms with Crippen LogP contribution in [0, 0.1) is 18.7 Å². The van der Waals surface area contributed by atoms with Crippen LogP contribution in [0.25, 0.3) is 22.1 Å². The molecule has 3 N–H and O–H groups in total. The van der Waals surface area contributed by atoms with Crippen LogP contribution in [0.15, 0.2) is 51.7 Å². The predicted octanol–water partition coefficient (Wildman–Crippen LogP) is 0.0834. The molecule has 0 radical (unpaired) electrons. The van der Waals surface area contributed by atoms with Crippen molar-refractivity contribution in [2.24, 2.45) is 5.92 Å². The van der Waals surface area contributed by atoms with Crippen molar-refractivity contribution in [3.63, 3.8) is 0 Å². The molecule has 0 saturated carbocycles. The van der Waals surface area contributed by atoms with E-state index in [4.69, 9.17) is 9.15 Å². The predicted molar refractivity (Wildman–Crippen MR) is 99.8 cm³/mol. The Balaban J connectivity index is 0.00000280. The van der Waals surface area contributed by atoms with Crippen molar-refractivity contribution < 1.29 is 36.5 Å². The molecule has 0 amide bonds. The molecule has 1 atom stereocenters. The van der Waals surface area contributed by atoms with Gasteiger partial charge in [-0.25, -0.2) is 9.18 Å². The molecule has 28 heavy (non-hydrogen) atoms. The minimum absolute atomic E-state index is 0. The fraction of sp³-hybridized carbons (Fsp3) is 0.238. The monoisotopic (exact) mass is 405 g/mol. The molecule has 0 bridgehead atoms. The third kappa shape index (κ3) is 4.24. The van der Waals surface area contributed by atoms with Crippen molar-refractivity contribution >= 4 is 16.9 Å². The van der Waals surface area contributed by atoms with E-state index < -0.39 is 12.0 Å². The van der Waals surface area contributed by atoms with Gasteiger partial charge in [-0.15, -0.1) is 0 Å². The van der Waals surface area contributed by atoms with E-state index in [9.17, 15) is 14.0 Å². The summed E-state index contributed by atoms with van der Waals surface area (Å²) in [5, 5.41) is 0.356. The second-order valence-electron chi connectivity index (χ2n) is 6.80. The van der Waals surface area contributed by atoms with Crippen LogP contribution in [-0.2, 0) is 4.79 Å². The van der Waals surface area contributed by atoms with E-state index in [0.29, 0.717) is 33.6 Å². The summed E-state index contributed by atoms with van der Waals surface area (Å²) in [7, 11) is 0. The molecule has 0 fully saturated rings. The quantitative estimate of drug-likeness (QED) is 0.492. The zero-order valence-corrected chi connectivity index (χ0v) is 16.5. The average molecular weight is 406 g/mol. The average Bonchev–Trinajstić information content (AvgIpc) is 2.62. The van der Waals surface area contributed by atoms with E-state index in [1.54, 1.807) is 19.1 Å². The van der Waals surface area contributed by atoms with Gasteiger partial charge in [0.15, 0.2) is 6.04 Å². The van der Waals surface area contributed by atoms with Gasteiger partial charge in [-0.3, -0.25) is 4.79 Å². The summed E-state index contributed by atoms with van der Waals surface area (Å²) in [6.45, 7) is 5.44. The second-order valence-corrected chi connectivity index (χ2v) is 6.80. The SMILES string of the molecule is Cc1oc2cc(OC(=O)[C@@H]([NH3+])C(C)C)ccc2c(=O)c1-c1ccc(F)cc1.[Cl-]. The summed E-state index contributed by atoms with van der Waals surface area (Å²) < 4.78 is 24.3. The van der Waals surface area contributed by atoms with Crippen molar-refractivity contribution in [3.05, 3.63) is 64.3 Å². The van der Waals surface area contributed by atoms with Gasteiger partial charge in [0.2, 0.25) is 5.43 Å². The van der Waals surface area contributed by atoms with Gasteiger partial charge in [-0.2, -0.15) is 0 Å². The molecule has 2 aromatic carbocycles. The molecule has 148 valence electrons. The number of hydrogen-bond donors (Lipinski definition) is 1. The lowest BCUT2D eigenvalue weighted by atomic mass is 10.0. The Labute approximate surface area is 167 Å². The maximum Gasteiger partial charge on any atom is 0.370 e. The molecule has 0 saturated heterocycles. The summed E-state index contributed by atoms with van der Waals surface area (Å²) in [5.74, 6) is -0.0698. The van der Waals surface area contributed by atoms with Gasteiger partial charge in [0, 0.05) is 12.0 Å². The van der Waals surface area contributed by atoms with Crippen molar-refractivity contribution in [1.29, 1.82) is 0 Å². The Bertz CT molecular complexity index is 1060. The summed E-state index contributed by atoms with van der Waals surface area (Å²) in [6, 6.07) is 9.81. The summed E-state index contributed by atoms with van der Waals surface area (Å²) in [4.78, 5) is 25.0. The highest BCUT2D eigenvalue weighted by atomic mass is 35.5. The number of ether oxygens (including phenoxy) is 1. The molecule has 0 aliphatic carbocycles. The summed E-state index contributed by atoms with van der Waals surface area (Å²) in [5.41, 5.74) is 4.85. The number of rotatable bonds is 4. The molecule has 0 aliphatic heterocycles. The van der Waals surface area contributed by atoms with Gasteiger partial charge in [-0.1, -0.05) is 26.0 Å². The van der Waals surface area contributed by atoms with Crippen molar-refractivity contribution in [2.45, 2.75) is 26.8 Å². The molecule has 1 aromatic heterocycles. The minimum atomic E-state index is -0.490. The first-order valence-corrected chi connectivity index (χ1v) is 8.66. The van der Waals surface area contributed by atoms with Crippen LogP contribution in [0.2, 0.25) is 0 Å². The normalized spacial score (nSPS) is 11.9. The van der Waals surface area contributed by atoms with Gasteiger partial charge in [0.25, 0.3) is 0 Å². The molecular weight excluding hydrogens is 385 g/mol. The Hall–Kier alpha value is -2.70. The zero-order chi connectivity index (χ0) is 19.7. The second kappa shape index (κ2) is 8.54. The third-order valence-corrected chi connectivity index (χ3v) is 4.50. The van der Waals surface area contributed by atoms with Crippen LogP contribution in [0.3, 0.4) is 0 Å². The van der Waals surface area contributed by atoms with Gasteiger partial charge in [0.05, 0.1) is 10.9 Å². The number of esters is 1. The number of fused-ring (bicyclic) bond motifs is 1. The van der Waals surface area contributed by atoms with Crippen LogP contribution in [0.5, 0.6) is 5.75 Å². The highest BCUT2D eigenvalue weighted by Crippen LogP contribution is 2.26. The van der Waals surface area contributed by atoms with Gasteiger partial charge >= 0.3 is 5.97 Å². The van der Waals surface area contributed by atoms with Crippen LogP contribution >= 0.6 is 0 Å². The van der Waals surface area contributed by atoms with Crippen LogP contribution in [-0.4, -0.2) is 12.0 Å². The molecule has 1 heterocycles. The minimum Gasteiger partial charge on any atom is -1.00 e. The van der Waals surface area contributed by atoms with E-state index in [1.165, 1.54) is 30.3 Å². The van der Waals surface area contributed by atoms with E-state index in [0.717, 1.165) is 0 Å². The van der Waals surface area contributed by atoms with Crippen LogP contribution < -0.4 is 28.3 Å². The van der Waals surface area contributed by atoms with Gasteiger partial charge in [0.1, 0.15) is 22.9 Å². The van der Waals surface area contributed by atoms with E-state index >= 15 is 0 Å². The lowest BCUT2D eigenvalue weighted by molar-refractivity contribution is -0.417. The first-order valence-electron chi connectivity index (χ1n) is 8.66.